The highest BCUT2D eigenvalue weighted by molar-refractivity contribution is 5.15. The van der Waals surface area contributed by atoms with Crippen LogP contribution >= 0.6 is 0 Å². The second-order valence-corrected chi connectivity index (χ2v) is 5.20. The van der Waals surface area contributed by atoms with Crippen molar-refractivity contribution in [3.63, 3.8) is 0 Å². The van der Waals surface area contributed by atoms with E-state index < -0.39 is 0 Å². The van der Waals surface area contributed by atoms with Crippen LogP contribution in [0.2, 0.25) is 0 Å². The maximum Gasteiger partial charge on any atom is 0.0949 e. The van der Waals surface area contributed by atoms with Crippen LogP contribution in [-0.2, 0) is 4.74 Å². The van der Waals surface area contributed by atoms with Gasteiger partial charge in [0.1, 0.15) is 0 Å². The van der Waals surface area contributed by atoms with Crippen molar-refractivity contribution in [2.75, 3.05) is 6.61 Å². The molecule has 1 heteroatoms. The third-order valence-corrected chi connectivity index (χ3v) is 4.54. The van der Waals surface area contributed by atoms with Crippen molar-refractivity contribution in [3.05, 3.63) is 0 Å². The zero-order valence-corrected chi connectivity index (χ0v) is 7.39. The van der Waals surface area contributed by atoms with Crippen LogP contribution in [0, 0.1) is 17.3 Å². The van der Waals surface area contributed by atoms with Crippen molar-refractivity contribution in [1.82, 2.24) is 0 Å². The fraction of sp³-hybridized carbons (Fsp3) is 1.00. The highest BCUT2D eigenvalue weighted by atomic mass is 16.6. The van der Waals surface area contributed by atoms with Gasteiger partial charge >= 0.3 is 0 Å². The molecule has 1 spiro atoms. The van der Waals surface area contributed by atoms with Crippen LogP contribution in [-0.4, -0.2) is 12.2 Å². The second kappa shape index (κ2) is 1.52. The third kappa shape index (κ3) is 0.581. The first kappa shape index (κ1) is 6.47. The van der Waals surface area contributed by atoms with Gasteiger partial charge < -0.3 is 4.74 Å². The van der Waals surface area contributed by atoms with Crippen molar-refractivity contribution < 1.29 is 4.74 Å². The molecule has 3 aliphatic carbocycles. The maximum atomic E-state index is 5.62. The fourth-order valence-corrected chi connectivity index (χ4v) is 3.43. The van der Waals surface area contributed by atoms with E-state index in [1.54, 1.807) is 0 Å². The van der Waals surface area contributed by atoms with E-state index >= 15 is 0 Å². The maximum absolute atomic E-state index is 5.62. The summed E-state index contributed by atoms with van der Waals surface area (Å²) in [5.41, 5.74) is 0.993. The van der Waals surface area contributed by atoms with E-state index in [1.165, 1.54) is 19.3 Å². The number of hydrogen-bond acceptors (Lipinski definition) is 1. The Morgan fingerprint density at radius 2 is 2.09 bits per heavy atom. The molecule has 4 aliphatic rings. The molecule has 1 nitrogen and oxygen atoms in total. The molecule has 0 aromatic rings. The molecule has 0 radical (unpaired) electrons. The molecule has 1 heterocycles. The lowest BCUT2D eigenvalue weighted by atomic mass is 9.45. The largest absolute Gasteiger partial charge is 0.369 e. The monoisotopic (exact) mass is 152 g/mol. The van der Waals surface area contributed by atoms with Crippen molar-refractivity contribution in [2.45, 2.75) is 38.7 Å². The molecule has 4 rings (SSSR count). The van der Waals surface area contributed by atoms with E-state index in [0.29, 0.717) is 11.0 Å². The van der Waals surface area contributed by atoms with E-state index in [2.05, 4.69) is 13.8 Å². The van der Waals surface area contributed by atoms with Gasteiger partial charge in [-0.2, -0.15) is 0 Å². The summed E-state index contributed by atoms with van der Waals surface area (Å²) in [6.45, 7) is 5.91. The first-order valence-electron chi connectivity index (χ1n) is 4.79. The Morgan fingerprint density at radius 3 is 2.45 bits per heavy atom. The van der Waals surface area contributed by atoms with E-state index in [4.69, 9.17) is 4.74 Å². The summed E-state index contributed by atoms with van der Waals surface area (Å²) in [5, 5.41) is 0. The Balaban J connectivity index is 1.94. The van der Waals surface area contributed by atoms with Crippen LogP contribution in [0.5, 0.6) is 0 Å². The smallest absolute Gasteiger partial charge is 0.0949 e. The number of fused-ring (bicyclic) bond motifs is 1. The van der Waals surface area contributed by atoms with Gasteiger partial charge in [-0.1, -0.05) is 13.8 Å². The molecule has 0 amide bonds. The fourth-order valence-electron chi connectivity index (χ4n) is 3.43. The Kier molecular flexibility index (Phi) is 0.893. The molecule has 1 saturated heterocycles. The lowest BCUT2D eigenvalue weighted by Gasteiger charge is -2.59. The van der Waals surface area contributed by atoms with Crippen LogP contribution in [0.4, 0.5) is 0 Å². The van der Waals surface area contributed by atoms with Crippen LogP contribution in [0.1, 0.15) is 33.1 Å². The van der Waals surface area contributed by atoms with Crippen molar-refractivity contribution >= 4 is 0 Å². The van der Waals surface area contributed by atoms with Gasteiger partial charge in [0.15, 0.2) is 0 Å². The predicted molar refractivity (Wildman–Crippen MR) is 43.3 cm³/mol. The van der Waals surface area contributed by atoms with E-state index in [-0.39, 0.29) is 0 Å². The molecular weight excluding hydrogens is 136 g/mol. The molecule has 4 fully saturated rings. The molecule has 11 heavy (non-hydrogen) atoms. The van der Waals surface area contributed by atoms with Crippen LogP contribution in [0.25, 0.3) is 0 Å². The summed E-state index contributed by atoms with van der Waals surface area (Å²) >= 11 is 0. The Hall–Kier alpha value is -0.0400. The molecule has 1 aliphatic heterocycles. The molecule has 3 saturated carbocycles. The molecule has 62 valence electrons. The summed E-state index contributed by atoms with van der Waals surface area (Å²) < 4.78 is 5.62. The standard InChI is InChI=1S/C10H16O/c1-9(2)7-3-4-10(6-11-10)8(9)5-7/h7-8H,3-6H2,1-2H3. The highest BCUT2D eigenvalue weighted by Crippen LogP contribution is 2.67. The van der Waals surface area contributed by atoms with Gasteiger partial charge in [-0.05, 0) is 36.5 Å². The molecule has 3 unspecified atom stereocenters. The quantitative estimate of drug-likeness (QED) is 0.485. The molecule has 2 bridgehead atoms. The zero-order chi connectivity index (χ0) is 7.69. The Labute approximate surface area is 68.1 Å². The topological polar surface area (TPSA) is 12.5 Å². The van der Waals surface area contributed by atoms with Crippen LogP contribution in [0.3, 0.4) is 0 Å². The Bertz CT molecular complexity index is 199. The average Bonchev–Trinajstić information content (AvgIpc) is 2.69. The lowest BCUT2D eigenvalue weighted by Crippen LogP contribution is -2.56. The van der Waals surface area contributed by atoms with E-state index in [1.807, 2.05) is 0 Å². The van der Waals surface area contributed by atoms with Gasteiger partial charge in [0.05, 0.1) is 12.2 Å². The molecular formula is C10H16O. The molecule has 3 atom stereocenters. The summed E-state index contributed by atoms with van der Waals surface area (Å²) in [6.07, 6.45) is 4.22. The normalized spacial score (nSPS) is 57.3. The first-order valence-corrected chi connectivity index (χ1v) is 4.79. The molecule has 0 N–H and O–H groups in total. The van der Waals surface area contributed by atoms with E-state index in [9.17, 15) is 0 Å². The van der Waals surface area contributed by atoms with Gasteiger partial charge in [0.25, 0.3) is 0 Å². The second-order valence-electron chi connectivity index (χ2n) is 5.20. The Morgan fingerprint density at radius 1 is 1.36 bits per heavy atom. The van der Waals surface area contributed by atoms with Gasteiger partial charge in [0.2, 0.25) is 0 Å². The number of epoxide rings is 1. The number of hydrogen-bond donors (Lipinski definition) is 0. The van der Waals surface area contributed by atoms with Gasteiger partial charge in [-0.15, -0.1) is 0 Å². The average molecular weight is 152 g/mol. The summed E-state index contributed by atoms with van der Waals surface area (Å²) in [4.78, 5) is 0. The van der Waals surface area contributed by atoms with Gasteiger partial charge in [0, 0.05) is 0 Å². The molecule has 0 aromatic carbocycles. The van der Waals surface area contributed by atoms with Crippen molar-refractivity contribution in [2.24, 2.45) is 17.3 Å². The zero-order valence-electron chi connectivity index (χ0n) is 7.39. The van der Waals surface area contributed by atoms with Crippen LogP contribution in [0.15, 0.2) is 0 Å². The third-order valence-electron chi connectivity index (χ3n) is 4.54. The first-order chi connectivity index (χ1) is 5.15. The lowest BCUT2D eigenvalue weighted by molar-refractivity contribution is -0.115. The van der Waals surface area contributed by atoms with Crippen LogP contribution < -0.4 is 0 Å². The number of rotatable bonds is 0. The van der Waals surface area contributed by atoms with E-state index in [0.717, 1.165) is 18.4 Å². The minimum atomic E-state index is 0.387. The SMILES string of the molecule is CC1(C)C2CCC3(CO3)C1C2. The highest BCUT2D eigenvalue weighted by Gasteiger charge is 2.67. The molecule has 0 aromatic heterocycles. The minimum absolute atomic E-state index is 0.387. The number of ether oxygens (including phenoxy) is 1. The summed E-state index contributed by atoms with van der Waals surface area (Å²) in [6, 6.07) is 0. The van der Waals surface area contributed by atoms with Crippen molar-refractivity contribution in [3.8, 4) is 0 Å². The predicted octanol–water partition coefficient (Wildman–Crippen LogP) is 2.21. The van der Waals surface area contributed by atoms with Gasteiger partial charge in [-0.3, -0.25) is 0 Å². The minimum Gasteiger partial charge on any atom is -0.369 e. The summed E-state index contributed by atoms with van der Waals surface area (Å²) in [7, 11) is 0. The summed E-state index contributed by atoms with van der Waals surface area (Å²) in [5.74, 6) is 1.91. The van der Waals surface area contributed by atoms with Gasteiger partial charge in [-0.25, -0.2) is 0 Å². The van der Waals surface area contributed by atoms with Crippen molar-refractivity contribution in [1.29, 1.82) is 0 Å².